The lowest BCUT2D eigenvalue weighted by molar-refractivity contribution is -0.144. The van der Waals surface area contributed by atoms with Crippen molar-refractivity contribution in [2.24, 2.45) is 11.8 Å². The van der Waals surface area contributed by atoms with Gasteiger partial charge in [-0.1, -0.05) is 44.2 Å². The van der Waals surface area contributed by atoms with E-state index in [1.807, 2.05) is 30.3 Å². The number of carbonyl (C=O) groups excluding carboxylic acids is 3. The van der Waals surface area contributed by atoms with E-state index in [2.05, 4.69) is 5.32 Å². The highest BCUT2D eigenvalue weighted by Gasteiger charge is 2.41. The quantitative estimate of drug-likeness (QED) is 0.842. The van der Waals surface area contributed by atoms with Crippen LogP contribution in [0.5, 0.6) is 0 Å². The van der Waals surface area contributed by atoms with Crippen LogP contribution in [0.15, 0.2) is 30.3 Å². The van der Waals surface area contributed by atoms with Gasteiger partial charge in [0.15, 0.2) is 0 Å². The maximum Gasteiger partial charge on any atom is 0.330 e. The number of benzene rings is 1. The Balaban J connectivity index is 1.96. The molecule has 1 heterocycles. The molecule has 1 fully saturated rings. The first-order chi connectivity index (χ1) is 10.0. The molecule has 1 N–H and O–H groups in total. The Bertz CT molecular complexity index is 540. The molecule has 0 spiro atoms. The summed E-state index contributed by atoms with van der Waals surface area (Å²) >= 11 is 0. The van der Waals surface area contributed by atoms with Crippen LogP contribution in [0.1, 0.15) is 25.8 Å². The number of hydrogen-bond donors (Lipinski definition) is 1. The fourth-order valence-electron chi connectivity index (χ4n) is 2.52. The molecule has 0 radical (unpaired) electrons. The van der Waals surface area contributed by atoms with E-state index in [1.54, 1.807) is 13.8 Å². The predicted molar refractivity (Wildman–Crippen MR) is 78.3 cm³/mol. The fraction of sp³-hybridized carbons (Fsp3) is 0.438. The number of amides is 4. The second-order valence-corrected chi connectivity index (χ2v) is 5.60. The van der Waals surface area contributed by atoms with Crippen molar-refractivity contribution in [1.82, 2.24) is 10.2 Å². The number of nitrogens with zero attached hydrogens (tertiary/aromatic N) is 1. The van der Waals surface area contributed by atoms with Gasteiger partial charge in [-0.2, -0.15) is 0 Å². The first kappa shape index (κ1) is 15.2. The molecule has 0 saturated carbocycles. The van der Waals surface area contributed by atoms with Crippen molar-refractivity contribution in [3.8, 4) is 0 Å². The van der Waals surface area contributed by atoms with Gasteiger partial charge in [-0.05, 0) is 24.3 Å². The highest BCUT2D eigenvalue weighted by atomic mass is 16.2. The largest absolute Gasteiger partial charge is 0.330 e. The summed E-state index contributed by atoms with van der Waals surface area (Å²) in [5, 5.41) is 2.27. The van der Waals surface area contributed by atoms with Crippen molar-refractivity contribution in [3.05, 3.63) is 35.9 Å². The summed E-state index contributed by atoms with van der Waals surface area (Å²) in [5.41, 5.74) is 1.17. The minimum absolute atomic E-state index is 0.123. The molecule has 112 valence electrons. The van der Waals surface area contributed by atoms with E-state index in [9.17, 15) is 14.4 Å². The number of nitrogens with one attached hydrogen (secondary N) is 1. The van der Waals surface area contributed by atoms with Crippen LogP contribution in [0, 0.1) is 11.8 Å². The van der Waals surface area contributed by atoms with Crippen LogP contribution in [0.25, 0.3) is 0 Å². The molecule has 0 aliphatic carbocycles. The van der Waals surface area contributed by atoms with Crippen LogP contribution in [0.4, 0.5) is 4.79 Å². The van der Waals surface area contributed by atoms with E-state index in [-0.39, 0.29) is 11.8 Å². The van der Waals surface area contributed by atoms with Gasteiger partial charge in [-0.3, -0.25) is 19.8 Å². The van der Waals surface area contributed by atoms with Crippen LogP contribution in [0.3, 0.4) is 0 Å². The van der Waals surface area contributed by atoms with Crippen molar-refractivity contribution in [1.29, 1.82) is 0 Å². The minimum atomic E-state index is -0.764. The molecule has 2 rings (SSSR count). The van der Waals surface area contributed by atoms with Crippen LogP contribution >= 0.6 is 0 Å². The Morgan fingerprint density at radius 3 is 2.43 bits per heavy atom. The van der Waals surface area contributed by atoms with E-state index in [4.69, 9.17) is 0 Å². The van der Waals surface area contributed by atoms with Crippen molar-refractivity contribution < 1.29 is 14.4 Å². The topological polar surface area (TPSA) is 66.5 Å². The molecule has 1 atom stereocenters. The van der Waals surface area contributed by atoms with Gasteiger partial charge in [0.2, 0.25) is 11.8 Å². The highest BCUT2D eigenvalue weighted by Crippen LogP contribution is 2.19. The first-order valence-corrected chi connectivity index (χ1v) is 7.21. The third-order valence-corrected chi connectivity index (χ3v) is 3.65. The maximum absolute atomic E-state index is 12.3. The zero-order valence-electron chi connectivity index (χ0n) is 12.3. The van der Waals surface area contributed by atoms with E-state index < -0.39 is 17.9 Å². The Morgan fingerprint density at radius 1 is 1.14 bits per heavy atom. The van der Waals surface area contributed by atoms with Gasteiger partial charge in [0, 0.05) is 6.54 Å². The number of carbonyl (C=O) groups is 3. The molecule has 5 nitrogen and oxygen atoms in total. The minimum Gasteiger partial charge on any atom is -0.277 e. The van der Waals surface area contributed by atoms with Gasteiger partial charge >= 0.3 is 6.03 Å². The second kappa shape index (κ2) is 6.52. The molecule has 1 aliphatic heterocycles. The SMILES string of the molecule is CC(C)C1C(=O)NC(=O)N(CCCc2ccccc2)C1=O. The van der Waals surface area contributed by atoms with Crippen molar-refractivity contribution in [3.63, 3.8) is 0 Å². The number of aryl methyl sites for hydroxylation is 1. The van der Waals surface area contributed by atoms with Gasteiger partial charge in [-0.25, -0.2) is 4.79 Å². The first-order valence-electron chi connectivity index (χ1n) is 7.21. The summed E-state index contributed by atoms with van der Waals surface area (Å²) in [6.45, 7) is 3.94. The lowest BCUT2D eigenvalue weighted by atomic mass is 9.92. The predicted octanol–water partition coefficient (Wildman–Crippen LogP) is 1.97. The van der Waals surface area contributed by atoms with E-state index >= 15 is 0 Å². The average Bonchev–Trinajstić information content (AvgIpc) is 2.42. The molecule has 1 aliphatic rings. The molecule has 0 bridgehead atoms. The third-order valence-electron chi connectivity index (χ3n) is 3.65. The van der Waals surface area contributed by atoms with Gasteiger partial charge in [0.25, 0.3) is 0 Å². The van der Waals surface area contributed by atoms with Crippen LogP contribution in [0.2, 0.25) is 0 Å². The molecule has 1 unspecified atom stereocenters. The summed E-state index contributed by atoms with van der Waals surface area (Å²) < 4.78 is 0. The van der Waals surface area contributed by atoms with Gasteiger partial charge in [0.05, 0.1) is 0 Å². The Labute approximate surface area is 124 Å². The van der Waals surface area contributed by atoms with E-state index in [1.165, 1.54) is 5.56 Å². The number of imide groups is 2. The van der Waals surface area contributed by atoms with Crippen LogP contribution < -0.4 is 5.32 Å². The van der Waals surface area contributed by atoms with E-state index in [0.29, 0.717) is 13.0 Å². The normalized spacial score (nSPS) is 19.1. The summed E-state index contributed by atoms with van der Waals surface area (Å²) in [5.74, 6) is -1.76. The van der Waals surface area contributed by atoms with Crippen molar-refractivity contribution in [2.75, 3.05) is 6.54 Å². The van der Waals surface area contributed by atoms with Crippen LogP contribution in [-0.4, -0.2) is 29.3 Å². The molecule has 1 aromatic carbocycles. The Kier molecular flexibility index (Phi) is 4.73. The highest BCUT2D eigenvalue weighted by molar-refractivity contribution is 6.16. The number of urea groups is 1. The van der Waals surface area contributed by atoms with E-state index in [0.717, 1.165) is 11.3 Å². The molecular formula is C16H20N2O3. The summed E-state index contributed by atoms with van der Waals surface area (Å²) in [4.78, 5) is 37.0. The Morgan fingerprint density at radius 2 is 1.81 bits per heavy atom. The summed E-state index contributed by atoms with van der Waals surface area (Å²) in [6, 6.07) is 9.29. The van der Waals surface area contributed by atoms with Gasteiger partial charge < -0.3 is 0 Å². The van der Waals surface area contributed by atoms with Crippen molar-refractivity contribution >= 4 is 17.8 Å². The molecule has 21 heavy (non-hydrogen) atoms. The van der Waals surface area contributed by atoms with Crippen LogP contribution in [-0.2, 0) is 16.0 Å². The summed E-state index contributed by atoms with van der Waals surface area (Å²) in [7, 11) is 0. The fourth-order valence-corrected chi connectivity index (χ4v) is 2.52. The van der Waals surface area contributed by atoms with Gasteiger partial charge in [-0.15, -0.1) is 0 Å². The molecular weight excluding hydrogens is 268 g/mol. The third kappa shape index (κ3) is 3.48. The second-order valence-electron chi connectivity index (χ2n) is 5.60. The van der Waals surface area contributed by atoms with Gasteiger partial charge in [0.1, 0.15) is 5.92 Å². The monoisotopic (exact) mass is 288 g/mol. The van der Waals surface area contributed by atoms with Crippen molar-refractivity contribution in [2.45, 2.75) is 26.7 Å². The molecule has 0 aromatic heterocycles. The summed E-state index contributed by atoms with van der Waals surface area (Å²) in [6.07, 6.45) is 1.47. The molecule has 4 amide bonds. The molecule has 5 heteroatoms. The standard InChI is InChI=1S/C16H20N2O3/c1-11(2)13-14(19)17-16(21)18(15(13)20)10-6-9-12-7-4-3-5-8-12/h3-5,7-8,11,13H,6,9-10H2,1-2H3,(H,17,19,21). The number of hydrogen-bond acceptors (Lipinski definition) is 3. The zero-order valence-corrected chi connectivity index (χ0v) is 12.3. The average molecular weight is 288 g/mol. The Hall–Kier alpha value is -2.17. The smallest absolute Gasteiger partial charge is 0.277 e. The lowest BCUT2D eigenvalue weighted by Gasteiger charge is -2.31. The number of barbiturate groups is 1. The molecule has 1 aromatic rings. The number of rotatable bonds is 5. The lowest BCUT2D eigenvalue weighted by Crippen LogP contribution is -2.59. The molecule has 1 saturated heterocycles. The maximum atomic E-state index is 12.3. The zero-order chi connectivity index (χ0) is 15.4.